The van der Waals surface area contributed by atoms with Gasteiger partial charge in [0.05, 0.1) is 6.61 Å². The fourth-order valence-electron chi connectivity index (χ4n) is 4.27. The number of hydrogen-bond acceptors (Lipinski definition) is 3. The molecule has 116 valence electrons. The molecule has 1 aromatic carbocycles. The molecule has 0 radical (unpaired) electrons. The lowest BCUT2D eigenvalue weighted by Gasteiger charge is -2.37. The number of hydrogen-bond donors (Lipinski definition) is 0. The molecular formula is C18H22N2O2. The molecule has 4 nitrogen and oxygen atoms in total. The van der Waals surface area contributed by atoms with Gasteiger partial charge in [0.2, 0.25) is 0 Å². The molecule has 22 heavy (non-hydrogen) atoms. The first-order valence-corrected chi connectivity index (χ1v) is 8.24. The van der Waals surface area contributed by atoms with Crippen LogP contribution in [-0.2, 0) is 9.53 Å². The fraction of sp³-hybridized carbons (Fsp3) is 0.500. The molecule has 0 N–H and O–H groups in total. The van der Waals surface area contributed by atoms with E-state index < -0.39 is 0 Å². The van der Waals surface area contributed by atoms with Crippen molar-refractivity contribution in [2.45, 2.75) is 31.8 Å². The van der Waals surface area contributed by atoms with E-state index in [1.165, 1.54) is 10.9 Å². The zero-order valence-corrected chi connectivity index (χ0v) is 12.9. The maximum atomic E-state index is 12.2. The minimum atomic E-state index is -0.0270. The minimum Gasteiger partial charge on any atom is -0.465 e. The molecule has 3 heterocycles. The lowest BCUT2D eigenvalue weighted by molar-refractivity contribution is -0.151. The van der Waals surface area contributed by atoms with E-state index >= 15 is 0 Å². The molecule has 0 saturated carbocycles. The Morgan fingerprint density at radius 2 is 2.18 bits per heavy atom. The van der Waals surface area contributed by atoms with Gasteiger partial charge in [0.15, 0.2) is 0 Å². The van der Waals surface area contributed by atoms with Crippen molar-refractivity contribution >= 4 is 16.9 Å². The van der Waals surface area contributed by atoms with Gasteiger partial charge in [0, 0.05) is 24.3 Å². The van der Waals surface area contributed by atoms with Crippen LogP contribution in [0.1, 0.15) is 25.8 Å². The number of rotatable bonds is 3. The molecule has 0 amide bonds. The summed E-state index contributed by atoms with van der Waals surface area (Å²) in [6.45, 7) is 4.32. The predicted molar refractivity (Wildman–Crippen MR) is 85.7 cm³/mol. The third kappa shape index (κ3) is 2.13. The highest BCUT2D eigenvalue weighted by Gasteiger charge is 2.46. The van der Waals surface area contributed by atoms with E-state index in [4.69, 9.17) is 4.74 Å². The number of esters is 1. The molecule has 2 bridgehead atoms. The van der Waals surface area contributed by atoms with Crippen molar-refractivity contribution in [3.8, 4) is 0 Å². The van der Waals surface area contributed by atoms with Gasteiger partial charge in [0.1, 0.15) is 6.04 Å². The van der Waals surface area contributed by atoms with Gasteiger partial charge in [0.25, 0.3) is 0 Å². The lowest BCUT2D eigenvalue weighted by Crippen LogP contribution is -2.47. The summed E-state index contributed by atoms with van der Waals surface area (Å²) in [6, 6.07) is 11.1. The molecule has 4 rings (SSSR count). The SMILES string of the molecule is CCOC(=O)C1C2CCN1CC(n1ccc3ccccc31)C2. The van der Waals surface area contributed by atoms with Gasteiger partial charge in [-0.05, 0) is 49.7 Å². The number of para-hydroxylation sites is 1. The van der Waals surface area contributed by atoms with Crippen LogP contribution in [0.25, 0.3) is 10.9 Å². The van der Waals surface area contributed by atoms with E-state index in [0.717, 1.165) is 25.9 Å². The first kappa shape index (κ1) is 13.8. The highest BCUT2D eigenvalue weighted by atomic mass is 16.5. The zero-order chi connectivity index (χ0) is 15.1. The summed E-state index contributed by atoms with van der Waals surface area (Å²) in [5.74, 6) is 0.403. The van der Waals surface area contributed by atoms with Crippen molar-refractivity contribution in [3.63, 3.8) is 0 Å². The van der Waals surface area contributed by atoms with E-state index in [1.54, 1.807) is 0 Å². The van der Waals surface area contributed by atoms with Crippen LogP contribution in [0.2, 0.25) is 0 Å². The highest BCUT2D eigenvalue weighted by Crippen LogP contribution is 2.39. The van der Waals surface area contributed by atoms with Crippen LogP contribution in [-0.4, -0.2) is 41.2 Å². The van der Waals surface area contributed by atoms with E-state index in [0.29, 0.717) is 18.6 Å². The van der Waals surface area contributed by atoms with Gasteiger partial charge in [-0.15, -0.1) is 0 Å². The van der Waals surface area contributed by atoms with Crippen molar-refractivity contribution < 1.29 is 9.53 Å². The second-order valence-electron chi connectivity index (χ2n) is 6.41. The summed E-state index contributed by atoms with van der Waals surface area (Å²) in [6.07, 6.45) is 4.37. The molecule has 0 aliphatic carbocycles. The third-order valence-corrected chi connectivity index (χ3v) is 5.20. The van der Waals surface area contributed by atoms with E-state index in [-0.39, 0.29) is 12.0 Å². The number of aromatic nitrogens is 1. The van der Waals surface area contributed by atoms with Crippen LogP contribution in [0, 0.1) is 5.92 Å². The zero-order valence-electron chi connectivity index (χ0n) is 12.9. The van der Waals surface area contributed by atoms with Crippen LogP contribution in [0.15, 0.2) is 36.5 Å². The number of carbonyl (C=O) groups is 1. The van der Waals surface area contributed by atoms with Gasteiger partial charge in [-0.3, -0.25) is 9.69 Å². The van der Waals surface area contributed by atoms with Gasteiger partial charge in [-0.1, -0.05) is 18.2 Å². The van der Waals surface area contributed by atoms with Crippen LogP contribution in [0.5, 0.6) is 0 Å². The Bertz CT molecular complexity index is 679. The summed E-state index contributed by atoms with van der Waals surface area (Å²) in [7, 11) is 0. The van der Waals surface area contributed by atoms with Crippen molar-refractivity contribution in [3.05, 3.63) is 36.5 Å². The molecule has 2 saturated heterocycles. The normalized spacial score (nSPS) is 30.6. The topological polar surface area (TPSA) is 34.5 Å². The van der Waals surface area contributed by atoms with E-state index in [2.05, 4.69) is 46.0 Å². The first-order chi connectivity index (χ1) is 10.8. The number of fused-ring (bicyclic) bond motifs is 3. The largest absolute Gasteiger partial charge is 0.465 e. The summed E-state index contributed by atoms with van der Waals surface area (Å²) >= 11 is 0. The smallest absolute Gasteiger partial charge is 0.323 e. The third-order valence-electron chi connectivity index (χ3n) is 5.20. The molecule has 4 heteroatoms. The van der Waals surface area contributed by atoms with Crippen LogP contribution in [0.4, 0.5) is 0 Å². The van der Waals surface area contributed by atoms with Crippen molar-refractivity contribution in [1.29, 1.82) is 0 Å². The Morgan fingerprint density at radius 1 is 1.32 bits per heavy atom. The van der Waals surface area contributed by atoms with Crippen molar-refractivity contribution in [2.24, 2.45) is 5.92 Å². The Balaban J connectivity index is 1.59. The minimum absolute atomic E-state index is 0.0157. The van der Waals surface area contributed by atoms with Crippen LogP contribution < -0.4 is 0 Å². The average molecular weight is 298 g/mol. The quantitative estimate of drug-likeness (QED) is 0.817. The second kappa shape index (κ2) is 5.43. The molecular weight excluding hydrogens is 276 g/mol. The van der Waals surface area contributed by atoms with Gasteiger partial charge in [-0.2, -0.15) is 0 Å². The molecule has 2 aliphatic rings. The number of carbonyl (C=O) groups excluding carboxylic acids is 1. The van der Waals surface area contributed by atoms with Gasteiger partial charge in [-0.25, -0.2) is 0 Å². The number of piperidine rings is 1. The number of nitrogens with zero attached hydrogens (tertiary/aromatic N) is 2. The van der Waals surface area contributed by atoms with E-state index in [1.807, 2.05) is 6.92 Å². The Morgan fingerprint density at radius 3 is 3.00 bits per heavy atom. The van der Waals surface area contributed by atoms with E-state index in [9.17, 15) is 4.79 Å². The van der Waals surface area contributed by atoms with Gasteiger partial charge >= 0.3 is 5.97 Å². The highest BCUT2D eigenvalue weighted by molar-refractivity contribution is 5.80. The summed E-state index contributed by atoms with van der Waals surface area (Å²) in [5.41, 5.74) is 1.29. The maximum Gasteiger partial charge on any atom is 0.323 e. The Labute approximate surface area is 130 Å². The molecule has 2 aliphatic heterocycles. The summed E-state index contributed by atoms with van der Waals surface area (Å²) in [5, 5.41) is 1.29. The van der Waals surface area contributed by atoms with Crippen molar-refractivity contribution in [1.82, 2.24) is 9.47 Å². The standard InChI is InChI=1S/C18H22N2O2/c1-2-22-18(21)17-14-7-9-19(17)12-15(11-14)20-10-8-13-5-3-4-6-16(13)20/h3-6,8,10,14-15,17H,2,7,9,11-12H2,1H3. The first-order valence-electron chi connectivity index (χ1n) is 8.24. The molecule has 4 atom stereocenters. The number of benzene rings is 1. The summed E-state index contributed by atoms with van der Waals surface area (Å²) < 4.78 is 7.66. The molecule has 1 aromatic heterocycles. The average Bonchev–Trinajstić information content (AvgIpc) is 3.07. The molecule has 0 spiro atoms. The summed E-state index contributed by atoms with van der Waals surface area (Å²) in [4.78, 5) is 14.5. The van der Waals surface area contributed by atoms with Crippen molar-refractivity contribution in [2.75, 3.05) is 19.7 Å². The Hall–Kier alpha value is -1.81. The monoisotopic (exact) mass is 298 g/mol. The van der Waals surface area contributed by atoms with Crippen LogP contribution in [0.3, 0.4) is 0 Å². The Kier molecular flexibility index (Phi) is 3.41. The molecule has 4 unspecified atom stereocenters. The second-order valence-corrected chi connectivity index (χ2v) is 6.41. The fourth-order valence-corrected chi connectivity index (χ4v) is 4.27. The number of ether oxygens (including phenoxy) is 1. The van der Waals surface area contributed by atoms with Crippen LogP contribution >= 0.6 is 0 Å². The lowest BCUT2D eigenvalue weighted by atomic mass is 9.89. The predicted octanol–water partition coefficient (Wildman–Crippen LogP) is 2.84. The molecule has 2 aromatic rings. The maximum absolute atomic E-state index is 12.2. The molecule has 2 fully saturated rings. The van der Waals surface area contributed by atoms with Gasteiger partial charge < -0.3 is 9.30 Å².